The molecule has 5 heteroatoms. The largest absolute Gasteiger partial charge is 0.306 e. The van der Waals surface area contributed by atoms with Gasteiger partial charge in [-0.05, 0) is 30.7 Å². The van der Waals surface area contributed by atoms with Gasteiger partial charge in [-0.2, -0.15) is 5.10 Å². The highest BCUT2D eigenvalue weighted by atomic mass is 35.5. The van der Waals surface area contributed by atoms with Gasteiger partial charge >= 0.3 is 0 Å². The predicted octanol–water partition coefficient (Wildman–Crippen LogP) is 3.82. The molecule has 1 unspecified atom stereocenters. The summed E-state index contributed by atoms with van der Waals surface area (Å²) in [5, 5.41) is 8.89. The van der Waals surface area contributed by atoms with E-state index in [0.29, 0.717) is 10.0 Å². The van der Waals surface area contributed by atoms with Crippen molar-refractivity contribution >= 4 is 23.2 Å². The molecule has 0 aliphatic carbocycles. The van der Waals surface area contributed by atoms with Gasteiger partial charge in [0.05, 0.1) is 22.3 Å². The molecule has 19 heavy (non-hydrogen) atoms. The third-order valence-corrected chi connectivity index (χ3v) is 3.67. The monoisotopic (exact) mass is 297 g/mol. The smallest absolute Gasteiger partial charge is 0.0608 e. The normalized spacial score (nSPS) is 12.6. The topological polar surface area (TPSA) is 29.9 Å². The molecular formula is C14H17Cl2N3. The van der Waals surface area contributed by atoms with E-state index in [4.69, 9.17) is 23.2 Å². The van der Waals surface area contributed by atoms with Crippen molar-refractivity contribution < 1.29 is 0 Å². The Balaban J connectivity index is 2.33. The Kier molecular flexibility index (Phi) is 4.86. The Morgan fingerprint density at radius 1 is 1.26 bits per heavy atom. The fourth-order valence-electron chi connectivity index (χ4n) is 2.00. The van der Waals surface area contributed by atoms with Crippen LogP contribution in [0.25, 0.3) is 0 Å². The molecule has 0 amide bonds. The quantitative estimate of drug-likeness (QED) is 0.909. The average Bonchev–Trinajstić information content (AvgIpc) is 2.80. The van der Waals surface area contributed by atoms with Crippen molar-refractivity contribution in [2.45, 2.75) is 19.4 Å². The SMILES string of the molecule is CCCNC(c1ccc(Cl)c(Cl)c1)c1cnn(C)c1. The fraction of sp³-hybridized carbons (Fsp3) is 0.357. The lowest BCUT2D eigenvalue weighted by molar-refractivity contribution is 0.598. The molecule has 0 aliphatic rings. The van der Waals surface area contributed by atoms with Gasteiger partial charge in [-0.25, -0.2) is 0 Å². The first-order valence-electron chi connectivity index (χ1n) is 6.28. The molecule has 0 saturated heterocycles. The van der Waals surface area contributed by atoms with Gasteiger partial charge in [0.15, 0.2) is 0 Å². The summed E-state index contributed by atoms with van der Waals surface area (Å²) in [6.45, 7) is 3.07. The number of halogens is 2. The highest BCUT2D eigenvalue weighted by molar-refractivity contribution is 6.42. The van der Waals surface area contributed by atoms with E-state index in [0.717, 1.165) is 24.1 Å². The Hall–Kier alpha value is -1.03. The van der Waals surface area contributed by atoms with Gasteiger partial charge in [0.2, 0.25) is 0 Å². The van der Waals surface area contributed by atoms with Crippen LogP contribution in [0.1, 0.15) is 30.5 Å². The van der Waals surface area contributed by atoms with Crippen LogP contribution in [0, 0.1) is 0 Å². The van der Waals surface area contributed by atoms with Crippen LogP contribution in [0.5, 0.6) is 0 Å². The minimum absolute atomic E-state index is 0.0865. The number of aryl methyl sites for hydroxylation is 1. The van der Waals surface area contributed by atoms with E-state index in [1.807, 2.05) is 37.6 Å². The van der Waals surface area contributed by atoms with Crippen LogP contribution in [0.4, 0.5) is 0 Å². The van der Waals surface area contributed by atoms with E-state index in [-0.39, 0.29) is 6.04 Å². The van der Waals surface area contributed by atoms with Crippen LogP contribution in [-0.2, 0) is 7.05 Å². The lowest BCUT2D eigenvalue weighted by atomic mass is 10.0. The summed E-state index contributed by atoms with van der Waals surface area (Å²) in [7, 11) is 1.91. The highest BCUT2D eigenvalue weighted by Crippen LogP contribution is 2.28. The van der Waals surface area contributed by atoms with Crippen LogP contribution in [0.2, 0.25) is 10.0 Å². The van der Waals surface area contributed by atoms with Crippen LogP contribution < -0.4 is 5.32 Å². The van der Waals surface area contributed by atoms with Crippen LogP contribution in [-0.4, -0.2) is 16.3 Å². The Morgan fingerprint density at radius 3 is 2.63 bits per heavy atom. The molecule has 0 radical (unpaired) electrons. The van der Waals surface area contributed by atoms with Crippen molar-refractivity contribution in [3.8, 4) is 0 Å². The summed E-state index contributed by atoms with van der Waals surface area (Å²) in [6.07, 6.45) is 4.95. The third kappa shape index (κ3) is 3.50. The van der Waals surface area contributed by atoms with E-state index in [2.05, 4.69) is 17.3 Å². The van der Waals surface area contributed by atoms with Gasteiger partial charge in [0.1, 0.15) is 0 Å². The molecule has 0 saturated carbocycles. The zero-order valence-corrected chi connectivity index (χ0v) is 12.5. The van der Waals surface area contributed by atoms with Crippen molar-refractivity contribution in [2.75, 3.05) is 6.54 Å². The number of nitrogens with zero attached hydrogens (tertiary/aromatic N) is 2. The molecule has 1 atom stereocenters. The van der Waals surface area contributed by atoms with Gasteiger partial charge in [-0.1, -0.05) is 36.2 Å². The van der Waals surface area contributed by atoms with Gasteiger partial charge < -0.3 is 5.32 Å². The van der Waals surface area contributed by atoms with Crippen LogP contribution in [0.15, 0.2) is 30.6 Å². The summed E-state index contributed by atoms with van der Waals surface area (Å²) in [6, 6.07) is 5.82. The maximum Gasteiger partial charge on any atom is 0.0608 e. The zero-order valence-electron chi connectivity index (χ0n) is 11.0. The second-order valence-electron chi connectivity index (χ2n) is 4.51. The summed E-state index contributed by atoms with van der Waals surface area (Å²) < 4.78 is 1.80. The van der Waals surface area contributed by atoms with Crippen molar-refractivity contribution in [1.82, 2.24) is 15.1 Å². The van der Waals surface area contributed by atoms with Gasteiger partial charge in [0, 0.05) is 18.8 Å². The van der Waals surface area contributed by atoms with Crippen molar-refractivity contribution in [2.24, 2.45) is 7.05 Å². The number of rotatable bonds is 5. The number of hydrogen-bond donors (Lipinski definition) is 1. The summed E-state index contributed by atoms with van der Waals surface area (Å²) in [5.41, 5.74) is 2.21. The molecule has 1 aromatic carbocycles. The second-order valence-corrected chi connectivity index (χ2v) is 5.32. The molecule has 1 heterocycles. The summed E-state index contributed by atoms with van der Waals surface area (Å²) in [4.78, 5) is 0. The molecular weight excluding hydrogens is 281 g/mol. The fourth-order valence-corrected chi connectivity index (χ4v) is 2.30. The molecule has 1 aromatic heterocycles. The Bertz CT molecular complexity index is 551. The molecule has 2 rings (SSSR count). The van der Waals surface area contributed by atoms with Crippen LogP contribution >= 0.6 is 23.2 Å². The lowest BCUT2D eigenvalue weighted by Gasteiger charge is -2.18. The van der Waals surface area contributed by atoms with Gasteiger partial charge in [-0.3, -0.25) is 4.68 Å². The Morgan fingerprint density at radius 2 is 2.05 bits per heavy atom. The van der Waals surface area contributed by atoms with E-state index in [1.165, 1.54) is 0 Å². The molecule has 0 bridgehead atoms. The first-order valence-corrected chi connectivity index (χ1v) is 7.04. The van der Waals surface area contributed by atoms with Gasteiger partial charge in [-0.15, -0.1) is 0 Å². The van der Waals surface area contributed by atoms with Crippen molar-refractivity contribution in [3.63, 3.8) is 0 Å². The number of nitrogens with one attached hydrogen (secondary N) is 1. The van der Waals surface area contributed by atoms with Crippen molar-refractivity contribution in [3.05, 3.63) is 51.8 Å². The highest BCUT2D eigenvalue weighted by Gasteiger charge is 2.16. The number of aromatic nitrogens is 2. The minimum atomic E-state index is 0.0865. The minimum Gasteiger partial charge on any atom is -0.306 e. The van der Waals surface area contributed by atoms with E-state index in [1.54, 1.807) is 4.68 Å². The molecule has 0 aliphatic heterocycles. The van der Waals surface area contributed by atoms with Crippen LogP contribution in [0.3, 0.4) is 0 Å². The average molecular weight is 298 g/mol. The Labute approximate surface area is 123 Å². The molecule has 102 valence electrons. The van der Waals surface area contributed by atoms with Gasteiger partial charge in [0.25, 0.3) is 0 Å². The molecule has 1 N–H and O–H groups in total. The summed E-state index contributed by atoms with van der Waals surface area (Å²) in [5.74, 6) is 0. The number of hydrogen-bond acceptors (Lipinski definition) is 2. The first-order chi connectivity index (χ1) is 9.11. The number of benzene rings is 1. The second kappa shape index (κ2) is 6.42. The van der Waals surface area contributed by atoms with E-state index in [9.17, 15) is 0 Å². The zero-order chi connectivity index (χ0) is 13.8. The molecule has 0 fully saturated rings. The first kappa shape index (κ1) is 14.4. The maximum atomic E-state index is 6.10. The molecule has 2 aromatic rings. The standard InChI is InChI=1S/C14H17Cl2N3/c1-3-6-17-14(11-8-18-19(2)9-11)10-4-5-12(15)13(16)7-10/h4-5,7-9,14,17H,3,6H2,1-2H3. The lowest BCUT2D eigenvalue weighted by Crippen LogP contribution is -2.22. The molecule has 0 spiro atoms. The van der Waals surface area contributed by atoms with E-state index < -0.39 is 0 Å². The summed E-state index contributed by atoms with van der Waals surface area (Å²) >= 11 is 12.1. The maximum absolute atomic E-state index is 6.10. The third-order valence-electron chi connectivity index (χ3n) is 2.93. The predicted molar refractivity (Wildman–Crippen MR) is 79.8 cm³/mol. The van der Waals surface area contributed by atoms with Crippen molar-refractivity contribution in [1.29, 1.82) is 0 Å². The van der Waals surface area contributed by atoms with E-state index >= 15 is 0 Å². The molecule has 3 nitrogen and oxygen atoms in total.